The number of nitrogens with zero attached hydrogens (tertiary/aromatic N) is 2. The summed E-state index contributed by atoms with van der Waals surface area (Å²) < 4.78 is 0.945. The molecule has 0 amide bonds. The van der Waals surface area contributed by atoms with Gasteiger partial charge >= 0.3 is 0 Å². The fourth-order valence-corrected chi connectivity index (χ4v) is 1.44. The number of hydrogen-bond donors (Lipinski definition) is 1. The Kier molecular flexibility index (Phi) is 2.14. The SMILES string of the molecule is CNc1ccc2ncc(Br)cc2n1. The number of rotatable bonds is 1. The van der Waals surface area contributed by atoms with Crippen LogP contribution in [0.25, 0.3) is 11.0 Å². The summed E-state index contributed by atoms with van der Waals surface area (Å²) in [6.07, 6.45) is 1.77. The zero-order valence-corrected chi connectivity index (χ0v) is 8.67. The maximum absolute atomic E-state index is 4.35. The molecule has 0 bridgehead atoms. The van der Waals surface area contributed by atoms with Gasteiger partial charge in [-0.15, -0.1) is 0 Å². The van der Waals surface area contributed by atoms with Crippen molar-refractivity contribution in [2.45, 2.75) is 0 Å². The van der Waals surface area contributed by atoms with Crippen LogP contribution in [0.15, 0.2) is 28.9 Å². The second-order valence-electron chi connectivity index (χ2n) is 2.64. The number of pyridine rings is 2. The smallest absolute Gasteiger partial charge is 0.126 e. The predicted octanol–water partition coefficient (Wildman–Crippen LogP) is 2.43. The quantitative estimate of drug-likeness (QED) is 0.829. The maximum atomic E-state index is 4.35. The molecule has 0 spiro atoms. The zero-order chi connectivity index (χ0) is 9.26. The first-order valence-corrected chi connectivity index (χ1v) is 4.69. The van der Waals surface area contributed by atoms with Gasteiger partial charge in [-0.3, -0.25) is 4.98 Å². The van der Waals surface area contributed by atoms with Crippen LogP contribution < -0.4 is 5.32 Å². The standard InChI is InChI=1S/C9H8BrN3/c1-11-9-3-2-7-8(13-9)4-6(10)5-12-7/h2-5H,1H3,(H,11,13). The average molecular weight is 238 g/mol. The van der Waals surface area contributed by atoms with Gasteiger partial charge in [0.15, 0.2) is 0 Å². The number of hydrogen-bond acceptors (Lipinski definition) is 3. The van der Waals surface area contributed by atoms with Crippen LogP contribution in [-0.2, 0) is 0 Å². The van der Waals surface area contributed by atoms with E-state index in [4.69, 9.17) is 0 Å². The minimum Gasteiger partial charge on any atom is -0.373 e. The highest BCUT2D eigenvalue weighted by molar-refractivity contribution is 9.10. The molecule has 2 rings (SSSR count). The molecule has 0 unspecified atom stereocenters. The zero-order valence-electron chi connectivity index (χ0n) is 7.08. The lowest BCUT2D eigenvalue weighted by molar-refractivity contribution is 1.30. The van der Waals surface area contributed by atoms with Crippen LogP contribution in [0, 0.1) is 0 Å². The van der Waals surface area contributed by atoms with E-state index in [2.05, 4.69) is 31.2 Å². The summed E-state index contributed by atoms with van der Waals surface area (Å²) in [5, 5.41) is 2.98. The lowest BCUT2D eigenvalue weighted by atomic mass is 10.3. The number of anilines is 1. The van der Waals surface area contributed by atoms with Crippen LogP contribution in [0.4, 0.5) is 5.82 Å². The molecular weight excluding hydrogens is 230 g/mol. The van der Waals surface area contributed by atoms with Gasteiger partial charge in [0.2, 0.25) is 0 Å². The van der Waals surface area contributed by atoms with Crippen LogP contribution >= 0.6 is 15.9 Å². The second-order valence-corrected chi connectivity index (χ2v) is 3.55. The van der Waals surface area contributed by atoms with E-state index in [1.165, 1.54) is 0 Å². The summed E-state index contributed by atoms with van der Waals surface area (Å²) in [7, 11) is 1.85. The molecule has 1 N–H and O–H groups in total. The van der Waals surface area contributed by atoms with Gasteiger partial charge in [-0.05, 0) is 34.1 Å². The third-order valence-corrected chi connectivity index (χ3v) is 2.19. The summed E-state index contributed by atoms with van der Waals surface area (Å²) in [4.78, 5) is 8.57. The van der Waals surface area contributed by atoms with Crippen LogP contribution in [-0.4, -0.2) is 17.0 Å². The monoisotopic (exact) mass is 237 g/mol. The normalized spacial score (nSPS) is 10.3. The van der Waals surface area contributed by atoms with E-state index >= 15 is 0 Å². The van der Waals surface area contributed by atoms with Crippen molar-refractivity contribution >= 4 is 32.8 Å². The Hall–Kier alpha value is -1.16. The van der Waals surface area contributed by atoms with Crippen LogP contribution in [0.2, 0.25) is 0 Å². The van der Waals surface area contributed by atoms with Crippen molar-refractivity contribution in [1.29, 1.82) is 0 Å². The molecule has 0 aromatic carbocycles. The molecule has 66 valence electrons. The van der Waals surface area contributed by atoms with E-state index < -0.39 is 0 Å². The minimum absolute atomic E-state index is 0.854. The molecule has 0 aliphatic heterocycles. The third-order valence-electron chi connectivity index (χ3n) is 1.76. The summed E-state index contributed by atoms with van der Waals surface area (Å²) in [6, 6.07) is 5.80. The second kappa shape index (κ2) is 3.30. The predicted molar refractivity (Wildman–Crippen MR) is 56.8 cm³/mol. The molecule has 2 aromatic heterocycles. The molecule has 0 atom stereocenters. The van der Waals surface area contributed by atoms with E-state index in [1.807, 2.05) is 25.2 Å². The largest absolute Gasteiger partial charge is 0.373 e. The van der Waals surface area contributed by atoms with Crippen LogP contribution in [0.5, 0.6) is 0 Å². The van der Waals surface area contributed by atoms with Gasteiger partial charge in [-0.25, -0.2) is 4.98 Å². The van der Waals surface area contributed by atoms with Crippen molar-refractivity contribution in [2.24, 2.45) is 0 Å². The first-order chi connectivity index (χ1) is 6.29. The maximum Gasteiger partial charge on any atom is 0.126 e. The highest BCUT2D eigenvalue weighted by atomic mass is 79.9. The number of nitrogens with one attached hydrogen (secondary N) is 1. The highest BCUT2D eigenvalue weighted by Crippen LogP contribution is 2.16. The molecule has 3 nitrogen and oxygen atoms in total. The molecule has 0 radical (unpaired) electrons. The lowest BCUT2D eigenvalue weighted by Crippen LogP contribution is -1.92. The first kappa shape index (κ1) is 8.44. The first-order valence-electron chi connectivity index (χ1n) is 3.89. The summed E-state index contributed by atoms with van der Waals surface area (Å²) in [6.45, 7) is 0. The van der Waals surface area contributed by atoms with Crippen molar-refractivity contribution in [2.75, 3.05) is 12.4 Å². The van der Waals surface area contributed by atoms with Gasteiger partial charge < -0.3 is 5.32 Å². The molecule has 0 aliphatic rings. The molecule has 2 heterocycles. The topological polar surface area (TPSA) is 37.8 Å². The summed E-state index contributed by atoms with van der Waals surface area (Å²) in [5.74, 6) is 0.854. The van der Waals surface area contributed by atoms with E-state index in [1.54, 1.807) is 6.20 Å². The van der Waals surface area contributed by atoms with Gasteiger partial charge in [0.25, 0.3) is 0 Å². The van der Waals surface area contributed by atoms with Gasteiger partial charge in [-0.2, -0.15) is 0 Å². The Morgan fingerprint density at radius 3 is 2.92 bits per heavy atom. The van der Waals surface area contributed by atoms with Crippen molar-refractivity contribution in [3.05, 3.63) is 28.9 Å². The van der Waals surface area contributed by atoms with Gasteiger partial charge in [0.1, 0.15) is 5.82 Å². The fourth-order valence-electron chi connectivity index (χ4n) is 1.12. The van der Waals surface area contributed by atoms with Gasteiger partial charge in [0, 0.05) is 17.7 Å². The lowest BCUT2D eigenvalue weighted by Gasteiger charge is -2.00. The fraction of sp³-hybridized carbons (Fsp3) is 0.111. The van der Waals surface area contributed by atoms with Crippen molar-refractivity contribution in [1.82, 2.24) is 9.97 Å². The molecular formula is C9H8BrN3. The van der Waals surface area contributed by atoms with Gasteiger partial charge in [0.05, 0.1) is 11.0 Å². The Morgan fingerprint density at radius 1 is 1.31 bits per heavy atom. The molecule has 0 saturated heterocycles. The molecule has 0 aliphatic carbocycles. The number of fused-ring (bicyclic) bond motifs is 1. The molecule has 0 fully saturated rings. The van der Waals surface area contributed by atoms with E-state index in [0.717, 1.165) is 21.3 Å². The van der Waals surface area contributed by atoms with Crippen molar-refractivity contribution in [3.63, 3.8) is 0 Å². The third kappa shape index (κ3) is 1.62. The Balaban J connectivity index is 2.68. The minimum atomic E-state index is 0.854. The van der Waals surface area contributed by atoms with E-state index in [9.17, 15) is 0 Å². The number of aromatic nitrogens is 2. The van der Waals surface area contributed by atoms with Gasteiger partial charge in [-0.1, -0.05) is 0 Å². The summed E-state index contributed by atoms with van der Waals surface area (Å²) >= 11 is 3.36. The average Bonchev–Trinajstić information content (AvgIpc) is 2.16. The molecule has 0 saturated carbocycles. The van der Waals surface area contributed by atoms with E-state index in [0.29, 0.717) is 0 Å². The van der Waals surface area contributed by atoms with Crippen LogP contribution in [0.3, 0.4) is 0 Å². The van der Waals surface area contributed by atoms with Crippen molar-refractivity contribution in [3.8, 4) is 0 Å². The molecule has 4 heteroatoms. The molecule has 2 aromatic rings. The Labute approximate surface area is 84.3 Å². The Bertz CT molecular complexity index is 442. The number of halogens is 1. The summed E-state index contributed by atoms with van der Waals surface area (Å²) in [5.41, 5.74) is 1.79. The van der Waals surface area contributed by atoms with Crippen molar-refractivity contribution < 1.29 is 0 Å². The Morgan fingerprint density at radius 2 is 2.15 bits per heavy atom. The highest BCUT2D eigenvalue weighted by Gasteiger charge is 1.98. The van der Waals surface area contributed by atoms with E-state index in [-0.39, 0.29) is 0 Å². The molecule has 13 heavy (non-hydrogen) atoms. The van der Waals surface area contributed by atoms with Crippen LogP contribution in [0.1, 0.15) is 0 Å².